The SMILES string of the molecule is C=c1c(C)c(O)c(=C)c(C(C)(C)CC(=O)N(C)CCN(CCOCCOCCC(=O)NCCNC(=O)c2ccc3c(c2)C(=O)OC32c3ccc(O)cc3Oc3cc(O)ccc32)C(=O)Oc2ccc3nc(C#N)sc3c2)c1O. The van der Waals surface area contributed by atoms with Gasteiger partial charge in [0, 0.05) is 120 Å². The Morgan fingerprint density at radius 1 is 0.818 bits per heavy atom. The van der Waals surface area contributed by atoms with E-state index in [4.69, 9.17) is 23.7 Å². The average molecular weight is 1070 g/mol. The summed E-state index contributed by atoms with van der Waals surface area (Å²) in [5.74, 6) is -1.51. The highest BCUT2D eigenvalue weighted by atomic mass is 32.1. The van der Waals surface area contributed by atoms with Crippen molar-refractivity contribution in [2.24, 2.45) is 0 Å². The highest BCUT2D eigenvalue weighted by Crippen LogP contribution is 2.57. The molecule has 8 rings (SSSR count). The van der Waals surface area contributed by atoms with Crippen LogP contribution in [-0.4, -0.2) is 131 Å². The first kappa shape index (κ1) is 54.5. The number of esters is 1. The Balaban J connectivity index is 0.776. The molecule has 5 aromatic carbocycles. The smallest absolute Gasteiger partial charge is 0.415 e. The second kappa shape index (κ2) is 22.6. The van der Waals surface area contributed by atoms with Crippen LogP contribution in [0.5, 0.6) is 40.2 Å². The van der Waals surface area contributed by atoms with Gasteiger partial charge in [-0.2, -0.15) is 5.26 Å². The van der Waals surface area contributed by atoms with Crippen molar-refractivity contribution in [1.29, 1.82) is 5.26 Å². The molecule has 77 heavy (non-hydrogen) atoms. The molecule has 400 valence electrons. The van der Waals surface area contributed by atoms with E-state index in [-0.39, 0.29) is 151 Å². The molecule has 1 spiro atoms. The summed E-state index contributed by atoms with van der Waals surface area (Å²) in [6.45, 7) is 13.8. The van der Waals surface area contributed by atoms with Crippen LogP contribution >= 0.6 is 11.3 Å². The van der Waals surface area contributed by atoms with Crippen LogP contribution in [-0.2, 0) is 34.8 Å². The van der Waals surface area contributed by atoms with Crippen molar-refractivity contribution in [3.05, 3.63) is 127 Å². The predicted molar refractivity (Wildman–Crippen MR) is 282 cm³/mol. The van der Waals surface area contributed by atoms with E-state index in [2.05, 4.69) is 28.8 Å². The maximum atomic E-state index is 13.6. The number of fused-ring (bicyclic) bond motifs is 7. The van der Waals surface area contributed by atoms with Gasteiger partial charge in [-0.05, 0) is 55.5 Å². The lowest BCUT2D eigenvalue weighted by Gasteiger charge is -2.36. The van der Waals surface area contributed by atoms with Gasteiger partial charge in [0.1, 0.15) is 46.3 Å². The normalized spacial score (nSPS) is 12.9. The fourth-order valence-electron chi connectivity index (χ4n) is 9.24. The summed E-state index contributed by atoms with van der Waals surface area (Å²) in [5.41, 5.74) is 0.535. The van der Waals surface area contributed by atoms with Crippen molar-refractivity contribution in [3.8, 4) is 46.3 Å². The number of amides is 4. The van der Waals surface area contributed by atoms with E-state index in [0.29, 0.717) is 38.0 Å². The van der Waals surface area contributed by atoms with Crippen LogP contribution in [0.1, 0.15) is 80.2 Å². The number of aromatic hydroxyl groups is 4. The number of ether oxygens (including phenoxy) is 5. The summed E-state index contributed by atoms with van der Waals surface area (Å²) in [5, 5.41) is 57.4. The Hall–Kier alpha value is -8.71. The van der Waals surface area contributed by atoms with Crippen molar-refractivity contribution in [2.45, 2.75) is 44.6 Å². The van der Waals surface area contributed by atoms with Gasteiger partial charge in [-0.1, -0.05) is 33.1 Å². The molecular formula is C56H56N6O14S. The molecule has 0 unspecified atom stereocenters. The standard InChI is InChI=1S/C56H56N6O14S/c1-31-32(2)51(68)49(33(3)50(31)67)55(4,5)29-48(66)61(6)18-19-62(54(71)74-37-10-14-42-45(28-37)77-47(30-57)60-42)20-22-73-24-23-72-21-15-46(65)58-16-17-59-52(69)34-7-11-39-38(25-34)53(70)76-56(39)40-12-8-35(63)26-43(40)75-44-27-36(64)9-13-41(44)56/h7-14,25-28,63-64,67-68H,2-3,15-24,29H2,1,4-6H3,(H,58,65)(H,59,69). The van der Waals surface area contributed by atoms with Crippen LogP contribution in [0.2, 0.25) is 0 Å². The number of rotatable bonds is 20. The maximum Gasteiger partial charge on any atom is 0.415 e. The van der Waals surface area contributed by atoms with Gasteiger partial charge in [-0.3, -0.25) is 14.4 Å². The number of phenolic OH excluding ortho intramolecular Hbond substituents is 4. The van der Waals surface area contributed by atoms with Crippen LogP contribution in [0.3, 0.4) is 0 Å². The molecule has 0 radical (unpaired) electrons. The summed E-state index contributed by atoms with van der Waals surface area (Å²) in [7, 11) is 1.59. The molecule has 6 aromatic rings. The molecule has 2 aliphatic rings. The summed E-state index contributed by atoms with van der Waals surface area (Å²) in [6, 6.07) is 20.3. The Morgan fingerprint density at radius 3 is 2.17 bits per heavy atom. The third-order valence-corrected chi connectivity index (χ3v) is 14.3. The van der Waals surface area contributed by atoms with E-state index in [1.807, 2.05) is 6.07 Å². The van der Waals surface area contributed by atoms with Gasteiger partial charge in [0.25, 0.3) is 5.91 Å². The highest BCUT2D eigenvalue weighted by molar-refractivity contribution is 7.19. The van der Waals surface area contributed by atoms with Gasteiger partial charge >= 0.3 is 12.1 Å². The molecule has 0 atom stereocenters. The second-order valence-corrected chi connectivity index (χ2v) is 20.1. The summed E-state index contributed by atoms with van der Waals surface area (Å²) in [4.78, 5) is 73.5. The first-order valence-electron chi connectivity index (χ1n) is 24.4. The lowest BCUT2D eigenvalue weighted by atomic mass is 9.77. The third kappa shape index (κ3) is 11.4. The number of aromatic nitrogens is 1. The monoisotopic (exact) mass is 1070 g/mol. The fraction of sp³-hybridized carbons (Fsp3) is 0.304. The van der Waals surface area contributed by atoms with Gasteiger partial charge in [0.15, 0.2) is 10.6 Å². The molecular weight excluding hydrogens is 1010 g/mol. The number of carbonyl (C=O) groups excluding carboxylic acids is 5. The first-order valence-corrected chi connectivity index (χ1v) is 25.2. The predicted octanol–water partition coefficient (Wildman–Crippen LogP) is 5.28. The minimum Gasteiger partial charge on any atom is -0.508 e. The lowest BCUT2D eigenvalue weighted by Crippen LogP contribution is -2.43. The molecule has 0 aliphatic carbocycles. The number of thiazole rings is 1. The van der Waals surface area contributed by atoms with Crippen molar-refractivity contribution in [1.82, 2.24) is 25.4 Å². The topological polar surface area (TPSA) is 280 Å². The number of benzene rings is 5. The van der Waals surface area contributed by atoms with Crippen molar-refractivity contribution in [3.63, 3.8) is 0 Å². The Morgan fingerprint density at radius 2 is 1.48 bits per heavy atom. The minimum atomic E-state index is -1.47. The first-order chi connectivity index (χ1) is 36.7. The molecule has 2 aliphatic heterocycles. The fourth-order valence-corrected chi connectivity index (χ4v) is 10.0. The van der Waals surface area contributed by atoms with Crippen molar-refractivity contribution >= 4 is 64.5 Å². The van der Waals surface area contributed by atoms with E-state index < -0.39 is 29.0 Å². The van der Waals surface area contributed by atoms with Gasteiger partial charge < -0.3 is 64.5 Å². The third-order valence-electron chi connectivity index (χ3n) is 13.4. The number of phenols is 4. The summed E-state index contributed by atoms with van der Waals surface area (Å²) < 4.78 is 29.8. The minimum absolute atomic E-state index is 0.0232. The molecule has 0 fully saturated rings. The Kier molecular flexibility index (Phi) is 16.0. The van der Waals surface area contributed by atoms with Crippen LogP contribution in [0.4, 0.5) is 4.79 Å². The number of nitriles is 1. The molecule has 4 amide bonds. The average Bonchev–Trinajstić information content (AvgIpc) is 4.10. The van der Waals surface area contributed by atoms with Crippen LogP contribution in [0, 0.1) is 18.3 Å². The lowest BCUT2D eigenvalue weighted by molar-refractivity contribution is -0.131. The number of carbonyl (C=O) groups is 5. The number of nitrogens with zero attached hydrogens (tertiary/aromatic N) is 4. The van der Waals surface area contributed by atoms with Gasteiger partial charge in [-0.25, -0.2) is 14.6 Å². The molecule has 3 heterocycles. The zero-order chi connectivity index (χ0) is 55.3. The van der Waals surface area contributed by atoms with Crippen molar-refractivity contribution in [2.75, 3.05) is 66.2 Å². The van der Waals surface area contributed by atoms with E-state index in [9.17, 15) is 49.7 Å². The second-order valence-electron chi connectivity index (χ2n) is 19.0. The van der Waals surface area contributed by atoms with Crippen LogP contribution in [0.15, 0.2) is 72.8 Å². The molecule has 21 heteroatoms. The Labute approximate surface area is 445 Å². The molecule has 6 N–H and O–H groups in total. The number of nitrogens with one attached hydrogen (secondary N) is 2. The summed E-state index contributed by atoms with van der Waals surface area (Å²) in [6.07, 6.45) is -0.757. The number of hydrogen-bond donors (Lipinski definition) is 6. The summed E-state index contributed by atoms with van der Waals surface area (Å²) >= 11 is 1.16. The largest absolute Gasteiger partial charge is 0.508 e. The molecule has 1 aromatic heterocycles. The van der Waals surface area contributed by atoms with Gasteiger partial charge in [0.05, 0.1) is 42.2 Å². The van der Waals surface area contributed by atoms with E-state index >= 15 is 0 Å². The van der Waals surface area contributed by atoms with Gasteiger partial charge in [0.2, 0.25) is 11.8 Å². The van der Waals surface area contributed by atoms with Crippen LogP contribution in [0.25, 0.3) is 23.4 Å². The van der Waals surface area contributed by atoms with E-state index in [1.54, 1.807) is 70.3 Å². The van der Waals surface area contributed by atoms with E-state index in [0.717, 1.165) is 11.3 Å². The quantitative estimate of drug-likeness (QED) is 0.0322. The maximum absolute atomic E-state index is 13.6. The highest BCUT2D eigenvalue weighted by Gasteiger charge is 2.54. The zero-order valence-electron chi connectivity index (χ0n) is 42.7. The number of likely N-dealkylation sites (N-methyl/N-ethyl adjacent to an activating group) is 1. The molecule has 0 bridgehead atoms. The molecule has 20 nitrogen and oxygen atoms in total. The number of hydrogen-bond acceptors (Lipinski definition) is 17. The Bertz CT molecular complexity index is 3430. The zero-order valence-corrected chi connectivity index (χ0v) is 43.5. The van der Waals surface area contributed by atoms with E-state index in [1.165, 1.54) is 40.1 Å². The van der Waals surface area contributed by atoms with Gasteiger partial charge in [-0.15, -0.1) is 11.3 Å². The molecule has 0 saturated heterocycles. The van der Waals surface area contributed by atoms with Crippen molar-refractivity contribution < 1.29 is 68.1 Å². The van der Waals surface area contributed by atoms with Crippen LogP contribution < -0.4 is 30.5 Å². The molecule has 0 saturated carbocycles.